The Hall–Kier alpha value is -2.74. The lowest BCUT2D eigenvalue weighted by Crippen LogP contribution is -2.14. The van der Waals surface area contributed by atoms with Crippen molar-refractivity contribution in [2.45, 2.75) is 0 Å². The largest absolute Gasteiger partial charge is 0.336 e. The molecule has 110 valence electrons. The lowest BCUT2D eigenvalue weighted by Gasteiger charge is -2.07. The first-order valence-electron chi connectivity index (χ1n) is 6.37. The molecule has 0 aliphatic heterocycles. The van der Waals surface area contributed by atoms with Crippen LogP contribution in [-0.4, -0.2) is 26.1 Å². The van der Waals surface area contributed by atoms with E-state index in [0.29, 0.717) is 21.7 Å². The molecule has 0 aliphatic carbocycles. The summed E-state index contributed by atoms with van der Waals surface area (Å²) in [7, 11) is 0. The fourth-order valence-electron chi connectivity index (χ4n) is 1.80. The van der Waals surface area contributed by atoms with Crippen LogP contribution in [0.5, 0.6) is 0 Å². The van der Waals surface area contributed by atoms with E-state index in [4.69, 9.17) is 0 Å². The van der Waals surface area contributed by atoms with Crippen LogP contribution in [0.3, 0.4) is 0 Å². The number of carbonyl (C=O) groups excluding carboxylic acids is 1. The molecule has 0 bridgehead atoms. The standard InChI is InChI=1S/C14H11BrN6O/c15-10-6-16-8-17-13(10)20-11-7-18-21-12(11)14(22)19-9-4-2-1-3-5-9/h1-8H,(H,18,21)(H,19,22)(H,16,17,20). The fraction of sp³-hybridized carbons (Fsp3) is 0. The number of para-hydroxylation sites is 1. The smallest absolute Gasteiger partial charge is 0.278 e. The molecular formula is C14H11BrN6O. The van der Waals surface area contributed by atoms with Crippen molar-refractivity contribution < 1.29 is 4.79 Å². The maximum absolute atomic E-state index is 12.3. The second-order valence-electron chi connectivity index (χ2n) is 4.31. The van der Waals surface area contributed by atoms with Crippen LogP contribution in [-0.2, 0) is 0 Å². The van der Waals surface area contributed by atoms with Gasteiger partial charge in [-0.3, -0.25) is 9.89 Å². The van der Waals surface area contributed by atoms with E-state index in [2.05, 4.69) is 46.7 Å². The highest BCUT2D eigenvalue weighted by Crippen LogP contribution is 2.24. The normalized spacial score (nSPS) is 10.2. The Morgan fingerprint density at radius 1 is 1.23 bits per heavy atom. The van der Waals surface area contributed by atoms with E-state index in [-0.39, 0.29) is 11.6 Å². The zero-order chi connectivity index (χ0) is 15.4. The fourth-order valence-corrected chi connectivity index (χ4v) is 2.12. The summed E-state index contributed by atoms with van der Waals surface area (Å²) < 4.78 is 0.686. The quantitative estimate of drug-likeness (QED) is 0.666. The van der Waals surface area contributed by atoms with Gasteiger partial charge in [0.1, 0.15) is 12.1 Å². The van der Waals surface area contributed by atoms with Crippen molar-refractivity contribution in [2.24, 2.45) is 0 Å². The summed E-state index contributed by atoms with van der Waals surface area (Å²) >= 11 is 3.34. The summed E-state index contributed by atoms with van der Waals surface area (Å²) in [6, 6.07) is 9.18. The van der Waals surface area contributed by atoms with E-state index in [1.165, 1.54) is 6.33 Å². The molecule has 3 N–H and O–H groups in total. The molecule has 0 radical (unpaired) electrons. The molecule has 0 saturated heterocycles. The molecule has 0 unspecified atom stereocenters. The number of nitrogens with one attached hydrogen (secondary N) is 3. The molecule has 0 fully saturated rings. The van der Waals surface area contributed by atoms with Crippen molar-refractivity contribution in [3.63, 3.8) is 0 Å². The average molecular weight is 359 g/mol. The number of anilines is 3. The molecule has 0 aliphatic rings. The molecular weight excluding hydrogens is 348 g/mol. The van der Waals surface area contributed by atoms with E-state index < -0.39 is 0 Å². The van der Waals surface area contributed by atoms with E-state index >= 15 is 0 Å². The first-order chi connectivity index (χ1) is 10.7. The first-order valence-corrected chi connectivity index (χ1v) is 7.16. The minimum atomic E-state index is -0.319. The summed E-state index contributed by atoms with van der Waals surface area (Å²) in [5.74, 6) is 0.227. The molecule has 3 aromatic rings. The number of carbonyl (C=O) groups is 1. The van der Waals surface area contributed by atoms with E-state index in [0.717, 1.165) is 0 Å². The Morgan fingerprint density at radius 3 is 2.82 bits per heavy atom. The highest BCUT2D eigenvalue weighted by Gasteiger charge is 2.16. The monoisotopic (exact) mass is 358 g/mol. The zero-order valence-corrected chi connectivity index (χ0v) is 12.8. The van der Waals surface area contributed by atoms with E-state index in [9.17, 15) is 4.79 Å². The number of aromatic amines is 1. The Balaban J connectivity index is 1.80. The van der Waals surface area contributed by atoms with Gasteiger partial charge in [-0.15, -0.1) is 0 Å². The Morgan fingerprint density at radius 2 is 2.05 bits per heavy atom. The van der Waals surface area contributed by atoms with Crippen molar-refractivity contribution in [2.75, 3.05) is 10.6 Å². The number of H-pyrrole nitrogens is 1. The predicted octanol–water partition coefficient (Wildman–Crippen LogP) is 2.96. The number of benzene rings is 1. The van der Waals surface area contributed by atoms with Crippen LogP contribution >= 0.6 is 15.9 Å². The van der Waals surface area contributed by atoms with Gasteiger partial charge in [-0.05, 0) is 28.1 Å². The third-order valence-corrected chi connectivity index (χ3v) is 3.39. The van der Waals surface area contributed by atoms with Crippen molar-refractivity contribution in [1.29, 1.82) is 0 Å². The summed E-state index contributed by atoms with van der Waals surface area (Å²) in [5, 5.41) is 12.5. The third-order valence-electron chi connectivity index (χ3n) is 2.81. The Kier molecular flexibility index (Phi) is 4.10. The number of amides is 1. The molecule has 2 heterocycles. The lowest BCUT2D eigenvalue weighted by atomic mass is 10.3. The number of hydrogen-bond donors (Lipinski definition) is 3. The minimum Gasteiger partial charge on any atom is -0.336 e. The molecule has 1 aromatic carbocycles. The Labute approximate surface area is 134 Å². The maximum atomic E-state index is 12.3. The molecule has 7 nitrogen and oxygen atoms in total. The van der Waals surface area contributed by atoms with Crippen LogP contribution in [0.25, 0.3) is 0 Å². The van der Waals surface area contributed by atoms with Crippen molar-refractivity contribution >= 4 is 39.0 Å². The number of rotatable bonds is 4. The highest BCUT2D eigenvalue weighted by molar-refractivity contribution is 9.10. The first kappa shape index (κ1) is 14.2. The highest BCUT2D eigenvalue weighted by atomic mass is 79.9. The summed E-state index contributed by atoms with van der Waals surface area (Å²) in [5.41, 5.74) is 1.46. The van der Waals surface area contributed by atoms with Crippen LogP contribution in [0.4, 0.5) is 17.2 Å². The van der Waals surface area contributed by atoms with Crippen molar-refractivity contribution in [3.8, 4) is 0 Å². The van der Waals surface area contributed by atoms with Crippen LogP contribution in [0, 0.1) is 0 Å². The van der Waals surface area contributed by atoms with Gasteiger partial charge < -0.3 is 10.6 Å². The van der Waals surface area contributed by atoms with Crippen LogP contribution in [0.1, 0.15) is 10.5 Å². The molecule has 0 spiro atoms. The van der Waals surface area contributed by atoms with Crippen molar-refractivity contribution in [3.05, 3.63) is 59.2 Å². The second-order valence-corrected chi connectivity index (χ2v) is 5.17. The molecule has 2 aromatic heterocycles. The van der Waals surface area contributed by atoms with Gasteiger partial charge in [0.15, 0.2) is 5.69 Å². The third kappa shape index (κ3) is 3.12. The van der Waals surface area contributed by atoms with Crippen LogP contribution in [0.2, 0.25) is 0 Å². The van der Waals surface area contributed by atoms with Gasteiger partial charge in [0.05, 0.1) is 10.2 Å². The molecule has 22 heavy (non-hydrogen) atoms. The van der Waals surface area contributed by atoms with Crippen LogP contribution in [0.15, 0.2) is 53.5 Å². The molecule has 1 amide bonds. The predicted molar refractivity (Wildman–Crippen MR) is 86.0 cm³/mol. The molecule has 3 rings (SSSR count). The lowest BCUT2D eigenvalue weighted by molar-refractivity contribution is 0.102. The topological polar surface area (TPSA) is 95.6 Å². The van der Waals surface area contributed by atoms with Crippen molar-refractivity contribution in [1.82, 2.24) is 20.2 Å². The zero-order valence-electron chi connectivity index (χ0n) is 11.2. The number of halogens is 1. The summed E-state index contributed by atoms with van der Waals surface area (Å²) in [6.07, 6.45) is 4.62. The van der Waals surface area contributed by atoms with Gasteiger partial charge in [0.2, 0.25) is 0 Å². The van der Waals surface area contributed by atoms with Crippen LogP contribution < -0.4 is 10.6 Å². The van der Waals surface area contributed by atoms with E-state index in [1.807, 2.05) is 18.2 Å². The van der Waals surface area contributed by atoms with E-state index in [1.54, 1.807) is 24.5 Å². The van der Waals surface area contributed by atoms with Gasteiger partial charge in [-0.2, -0.15) is 5.10 Å². The second kappa shape index (κ2) is 6.35. The van der Waals surface area contributed by atoms with Gasteiger partial charge >= 0.3 is 0 Å². The maximum Gasteiger partial charge on any atom is 0.278 e. The van der Waals surface area contributed by atoms with Gasteiger partial charge in [-0.25, -0.2) is 9.97 Å². The number of hydrogen-bond acceptors (Lipinski definition) is 5. The summed E-state index contributed by atoms with van der Waals surface area (Å²) in [4.78, 5) is 20.3. The Bertz CT molecular complexity index is 789. The molecule has 0 saturated carbocycles. The van der Waals surface area contributed by atoms with Gasteiger partial charge in [-0.1, -0.05) is 18.2 Å². The van der Waals surface area contributed by atoms with Gasteiger partial charge in [0.25, 0.3) is 5.91 Å². The number of nitrogens with zero attached hydrogens (tertiary/aromatic N) is 3. The SMILES string of the molecule is O=C(Nc1ccccc1)c1n[nH]cc1Nc1ncncc1Br. The summed E-state index contributed by atoms with van der Waals surface area (Å²) in [6.45, 7) is 0. The number of aromatic nitrogens is 4. The minimum absolute atomic E-state index is 0.245. The molecule has 0 atom stereocenters. The average Bonchev–Trinajstić information content (AvgIpc) is 2.99. The molecule has 8 heteroatoms. The van der Waals surface area contributed by atoms with Gasteiger partial charge in [0, 0.05) is 18.1 Å².